The summed E-state index contributed by atoms with van der Waals surface area (Å²) in [6.45, 7) is 9.69. The maximum Gasteiger partial charge on any atom is 0.0793 e. The first-order valence-electron chi connectivity index (χ1n) is 5.71. The number of thioether (sulfide) groups is 1. The molecule has 1 heterocycles. The standard InChI is InChI=1S/C11H23NO2S/c1-9(2)12-4-5-14-11(6-12)8-15-10(3)7-13/h9-11,13H,4-8H2,1-3H3. The van der Waals surface area contributed by atoms with E-state index in [0.717, 1.165) is 25.4 Å². The third kappa shape index (κ3) is 4.72. The summed E-state index contributed by atoms with van der Waals surface area (Å²) in [6.07, 6.45) is 0.333. The van der Waals surface area contributed by atoms with Gasteiger partial charge >= 0.3 is 0 Å². The van der Waals surface area contributed by atoms with Gasteiger partial charge in [0, 0.05) is 30.1 Å². The van der Waals surface area contributed by atoms with Crippen LogP contribution in [0.1, 0.15) is 20.8 Å². The lowest BCUT2D eigenvalue weighted by molar-refractivity contribution is -0.0265. The number of hydrogen-bond donors (Lipinski definition) is 1. The summed E-state index contributed by atoms with van der Waals surface area (Å²) in [7, 11) is 0. The lowest BCUT2D eigenvalue weighted by atomic mass is 10.2. The van der Waals surface area contributed by atoms with Gasteiger partial charge in [-0.25, -0.2) is 0 Å². The number of ether oxygens (including phenoxy) is 1. The summed E-state index contributed by atoms with van der Waals surface area (Å²) in [6, 6.07) is 0.608. The van der Waals surface area contributed by atoms with Crippen LogP contribution in [0.5, 0.6) is 0 Å². The van der Waals surface area contributed by atoms with E-state index in [4.69, 9.17) is 9.84 Å². The van der Waals surface area contributed by atoms with E-state index in [-0.39, 0.29) is 6.61 Å². The zero-order valence-electron chi connectivity index (χ0n) is 9.98. The lowest BCUT2D eigenvalue weighted by Gasteiger charge is -2.35. The Morgan fingerprint density at radius 2 is 2.20 bits per heavy atom. The molecular formula is C11H23NO2S. The first-order chi connectivity index (χ1) is 7.13. The number of nitrogens with zero attached hydrogens (tertiary/aromatic N) is 1. The van der Waals surface area contributed by atoms with E-state index in [1.54, 1.807) is 11.8 Å². The third-order valence-corrected chi connectivity index (χ3v) is 4.01. The molecule has 3 nitrogen and oxygen atoms in total. The van der Waals surface area contributed by atoms with E-state index >= 15 is 0 Å². The second kappa shape index (κ2) is 6.74. The molecule has 1 aliphatic heterocycles. The molecule has 15 heavy (non-hydrogen) atoms. The van der Waals surface area contributed by atoms with Gasteiger partial charge in [-0.2, -0.15) is 11.8 Å². The fourth-order valence-electron chi connectivity index (χ4n) is 1.64. The second-order valence-corrected chi connectivity index (χ2v) is 5.88. The average molecular weight is 233 g/mol. The number of aliphatic hydroxyl groups is 1. The van der Waals surface area contributed by atoms with Crippen LogP contribution in [-0.4, -0.2) is 59.5 Å². The van der Waals surface area contributed by atoms with Crippen molar-refractivity contribution in [3.63, 3.8) is 0 Å². The Labute approximate surface area is 97.2 Å². The first kappa shape index (κ1) is 13.3. The molecule has 1 fully saturated rings. The lowest BCUT2D eigenvalue weighted by Crippen LogP contribution is -2.46. The average Bonchev–Trinajstić information content (AvgIpc) is 2.26. The molecule has 1 N–H and O–H groups in total. The largest absolute Gasteiger partial charge is 0.395 e. The Morgan fingerprint density at radius 3 is 2.80 bits per heavy atom. The second-order valence-electron chi connectivity index (χ2n) is 4.41. The van der Waals surface area contributed by atoms with Crippen molar-refractivity contribution in [3.05, 3.63) is 0 Å². The molecule has 1 saturated heterocycles. The highest BCUT2D eigenvalue weighted by Gasteiger charge is 2.22. The van der Waals surface area contributed by atoms with Gasteiger partial charge < -0.3 is 9.84 Å². The van der Waals surface area contributed by atoms with E-state index in [0.29, 0.717) is 17.4 Å². The molecule has 2 atom stereocenters. The predicted octanol–water partition coefficient (Wildman–Crippen LogP) is 1.21. The predicted molar refractivity (Wildman–Crippen MR) is 65.5 cm³/mol. The fourth-order valence-corrected chi connectivity index (χ4v) is 2.49. The van der Waals surface area contributed by atoms with Crippen molar-refractivity contribution in [2.45, 2.75) is 38.2 Å². The molecule has 0 aliphatic carbocycles. The van der Waals surface area contributed by atoms with Gasteiger partial charge in [0.1, 0.15) is 0 Å². The normalized spacial score (nSPS) is 25.8. The molecule has 1 rings (SSSR count). The Morgan fingerprint density at radius 1 is 1.47 bits per heavy atom. The number of morpholine rings is 1. The highest BCUT2D eigenvalue weighted by molar-refractivity contribution is 7.99. The van der Waals surface area contributed by atoms with Gasteiger partial charge in [-0.3, -0.25) is 4.90 Å². The molecule has 0 aromatic rings. The first-order valence-corrected chi connectivity index (χ1v) is 6.76. The summed E-state index contributed by atoms with van der Waals surface area (Å²) in [5, 5.41) is 9.25. The summed E-state index contributed by atoms with van der Waals surface area (Å²) in [4.78, 5) is 2.46. The van der Waals surface area contributed by atoms with E-state index < -0.39 is 0 Å². The molecule has 1 aliphatic rings. The van der Waals surface area contributed by atoms with Gasteiger partial charge in [0.25, 0.3) is 0 Å². The molecule has 0 saturated carbocycles. The van der Waals surface area contributed by atoms with Gasteiger partial charge in [-0.05, 0) is 13.8 Å². The van der Waals surface area contributed by atoms with Crippen LogP contribution in [0.15, 0.2) is 0 Å². The monoisotopic (exact) mass is 233 g/mol. The van der Waals surface area contributed by atoms with Gasteiger partial charge in [-0.15, -0.1) is 0 Å². The minimum Gasteiger partial charge on any atom is -0.395 e. The molecule has 0 aromatic heterocycles. The molecule has 0 spiro atoms. The maximum absolute atomic E-state index is 8.93. The van der Waals surface area contributed by atoms with Crippen molar-refractivity contribution >= 4 is 11.8 Å². The molecule has 0 amide bonds. The summed E-state index contributed by atoms with van der Waals surface area (Å²) in [5.41, 5.74) is 0. The summed E-state index contributed by atoms with van der Waals surface area (Å²) < 4.78 is 5.71. The van der Waals surface area contributed by atoms with Gasteiger partial charge in [0.2, 0.25) is 0 Å². The number of aliphatic hydroxyl groups excluding tert-OH is 1. The third-order valence-electron chi connectivity index (χ3n) is 2.72. The highest BCUT2D eigenvalue weighted by Crippen LogP contribution is 2.16. The van der Waals surface area contributed by atoms with E-state index in [1.165, 1.54) is 0 Å². The summed E-state index contributed by atoms with van der Waals surface area (Å²) >= 11 is 1.80. The molecule has 0 bridgehead atoms. The molecule has 90 valence electrons. The Bertz CT molecular complexity index is 178. The van der Waals surface area contributed by atoms with Crippen molar-refractivity contribution in [2.75, 3.05) is 32.1 Å². The minimum atomic E-state index is 0.255. The van der Waals surface area contributed by atoms with Crippen LogP contribution in [0.4, 0.5) is 0 Å². The van der Waals surface area contributed by atoms with Crippen LogP contribution in [0.3, 0.4) is 0 Å². The van der Waals surface area contributed by atoms with Crippen molar-refractivity contribution < 1.29 is 9.84 Å². The zero-order valence-corrected chi connectivity index (χ0v) is 10.8. The Kier molecular flexibility index (Phi) is 5.97. The Hall–Kier alpha value is 0.230. The zero-order chi connectivity index (χ0) is 11.3. The van der Waals surface area contributed by atoms with Crippen molar-refractivity contribution in [1.82, 2.24) is 4.90 Å². The van der Waals surface area contributed by atoms with Gasteiger partial charge in [-0.1, -0.05) is 6.92 Å². The van der Waals surface area contributed by atoms with Gasteiger partial charge in [0.05, 0.1) is 19.3 Å². The van der Waals surface area contributed by atoms with Gasteiger partial charge in [0.15, 0.2) is 0 Å². The van der Waals surface area contributed by atoms with Crippen molar-refractivity contribution in [3.8, 4) is 0 Å². The van der Waals surface area contributed by atoms with Crippen LogP contribution in [-0.2, 0) is 4.74 Å². The quantitative estimate of drug-likeness (QED) is 0.774. The molecule has 0 radical (unpaired) electrons. The smallest absolute Gasteiger partial charge is 0.0793 e. The van der Waals surface area contributed by atoms with E-state index in [2.05, 4.69) is 18.7 Å². The molecule has 0 aromatic carbocycles. The van der Waals surface area contributed by atoms with E-state index in [9.17, 15) is 0 Å². The number of hydrogen-bond acceptors (Lipinski definition) is 4. The van der Waals surface area contributed by atoms with Crippen molar-refractivity contribution in [1.29, 1.82) is 0 Å². The SMILES string of the molecule is CC(CO)SCC1CN(C(C)C)CCO1. The topological polar surface area (TPSA) is 32.7 Å². The fraction of sp³-hybridized carbons (Fsp3) is 1.00. The molecule has 4 heteroatoms. The van der Waals surface area contributed by atoms with Crippen molar-refractivity contribution in [2.24, 2.45) is 0 Å². The maximum atomic E-state index is 8.93. The van der Waals surface area contributed by atoms with Crippen LogP contribution >= 0.6 is 11.8 Å². The molecular weight excluding hydrogens is 210 g/mol. The van der Waals surface area contributed by atoms with Crippen LogP contribution in [0, 0.1) is 0 Å². The molecule has 2 unspecified atom stereocenters. The Balaban J connectivity index is 2.24. The number of rotatable bonds is 5. The highest BCUT2D eigenvalue weighted by atomic mass is 32.2. The summed E-state index contributed by atoms with van der Waals surface area (Å²) in [5.74, 6) is 0.991. The van der Waals surface area contributed by atoms with Crippen LogP contribution < -0.4 is 0 Å². The van der Waals surface area contributed by atoms with Crippen LogP contribution in [0.2, 0.25) is 0 Å². The van der Waals surface area contributed by atoms with Crippen LogP contribution in [0.25, 0.3) is 0 Å². The van der Waals surface area contributed by atoms with E-state index in [1.807, 2.05) is 6.92 Å². The minimum absolute atomic E-state index is 0.255.